The van der Waals surface area contributed by atoms with Gasteiger partial charge in [0.2, 0.25) is 0 Å². The number of carbonyl (C=O) groups is 2. The fraction of sp³-hybridized carbons (Fsp3) is 0.182. The second-order valence-electron chi connectivity index (χ2n) is 6.59. The van der Waals surface area contributed by atoms with E-state index in [4.69, 9.17) is 4.74 Å². The molecule has 0 radical (unpaired) electrons. The van der Waals surface area contributed by atoms with Crippen LogP contribution < -0.4 is 9.62 Å². The van der Waals surface area contributed by atoms with Crippen LogP contribution in [0.4, 0.5) is 5.69 Å². The Morgan fingerprint density at radius 1 is 1.00 bits per heavy atom. The number of thiophene rings is 1. The number of sulfonamides is 1. The number of benzene rings is 2. The Kier molecular flexibility index (Phi) is 7.43. The van der Waals surface area contributed by atoms with Crippen molar-refractivity contribution < 1.29 is 22.7 Å². The van der Waals surface area contributed by atoms with Gasteiger partial charge in [0.1, 0.15) is 0 Å². The van der Waals surface area contributed by atoms with Gasteiger partial charge in [0, 0.05) is 18.5 Å². The highest BCUT2D eigenvalue weighted by molar-refractivity contribution is 7.92. The molecule has 0 saturated carbocycles. The number of ether oxygens (including phenoxy) is 1. The Labute approximate surface area is 185 Å². The summed E-state index contributed by atoms with van der Waals surface area (Å²) in [5.41, 5.74) is 0.684. The molecular weight excluding hydrogens is 436 g/mol. The largest absolute Gasteiger partial charge is 0.452 e. The van der Waals surface area contributed by atoms with Crippen molar-refractivity contribution >= 4 is 38.9 Å². The Morgan fingerprint density at radius 3 is 2.35 bits per heavy atom. The molecule has 0 aliphatic heterocycles. The zero-order valence-corrected chi connectivity index (χ0v) is 18.5. The van der Waals surface area contributed by atoms with Gasteiger partial charge in [-0.05, 0) is 54.3 Å². The van der Waals surface area contributed by atoms with E-state index in [1.54, 1.807) is 41.7 Å². The molecule has 0 atom stereocenters. The molecule has 7 nitrogen and oxygen atoms in total. The van der Waals surface area contributed by atoms with Gasteiger partial charge >= 0.3 is 5.97 Å². The van der Waals surface area contributed by atoms with Crippen molar-refractivity contribution in [1.29, 1.82) is 0 Å². The van der Waals surface area contributed by atoms with Crippen LogP contribution in [-0.2, 0) is 26.0 Å². The molecule has 0 aliphatic rings. The molecule has 0 aliphatic carbocycles. The molecule has 0 bridgehead atoms. The summed E-state index contributed by atoms with van der Waals surface area (Å²) in [6, 6.07) is 18.0. The van der Waals surface area contributed by atoms with E-state index in [-0.39, 0.29) is 10.5 Å². The minimum Gasteiger partial charge on any atom is -0.452 e. The van der Waals surface area contributed by atoms with E-state index in [0.29, 0.717) is 18.7 Å². The SMILES string of the molecule is CN(c1ccccc1)S(=O)(=O)c1ccc(C(=O)OCC(=O)NCCc2cccs2)cc1. The summed E-state index contributed by atoms with van der Waals surface area (Å²) < 4.78 is 31.7. The maximum atomic E-state index is 12.8. The second kappa shape index (κ2) is 10.2. The molecule has 3 aromatic rings. The molecule has 1 aromatic heterocycles. The van der Waals surface area contributed by atoms with Gasteiger partial charge in [-0.3, -0.25) is 9.10 Å². The molecule has 162 valence electrons. The lowest BCUT2D eigenvalue weighted by molar-refractivity contribution is -0.124. The Morgan fingerprint density at radius 2 is 1.71 bits per heavy atom. The number of carbonyl (C=O) groups excluding carboxylic acids is 2. The first-order valence-corrected chi connectivity index (χ1v) is 11.8. The third-order valence-electron chi connectivity index (χ3n) is 4.48. The lowest BCUT2D eigenvalue weighted by Crippen LogP contribution is -2.30. The number of rotatable bonds is 9. The highest BCUT2D eigenvalue weighted by Crippen LogP contribution is 2.22. The maximum Gasteiger partial charge on any atom is 0.338 e. The van der Waals surface area contributed by atoms with Crippen LogP contribution in [0.3, 0.4) is 0 Å². The Balaban J connectivity index is 1.53. The summed E-state index contributed by atoms with van der Waals surface area (Å²) in [5, 5.41) is 4.66. The number of hydrogen-bond acceptors (Lipinski definition) is 6. The average Bonchev–Trinajstić information content (AvgIpc) is 3.31. The molecule has 0 saturated heterocycles. The molecule has 1 amide bonds. The fourth-order valence-electron chi connectivity index (χ4n) is 2.74. The number of nitrogens with one attached hydrogen (secondary N) is 1. The minimum absolute atomic E-state index is 0.0433. The van der Waals surface area contributed by atoms with Crippen LogP contribution in [0.5, 0.6) is 0 Å². The van der Waals surface area contributed by atoms with Gasteiger partial charge in [-0.25, -0.2) is 13.2 Å². The smallest absolute Gasteiger partial charge is 0.338 e. The van der Waals surface area contributed by atoms with E-state index in [9.17, 15) is 18.0 Å². The first-order chi connectivity index (χ1) is 14.9. The number of esters is 1. The lowest BCUT2D eigenvalue weighted by Gasteiger charge is -2.19. The lowest BCUT2D eigenvalue weighted by atomic mass is 10.2. The second-order valence-corrected chi connectivity index (χ2v) is 9.59. The van der Waals surface area contributed by atoms with Crippen LogP contribution in [0.2, 0.25) is 0 Å². The van der Waals surface area contributed by atoms with Crippen LogP contribution in [0.1, 0.15) is 15.2 Å². The summed E-state index contributed by atoms with van der Waals surface area (Å²) in [5.74, 6) is -1.10. The van der Waals surface area contributed by atoms with Crippen molar-refractivity contribution in [2.45, 2.75) is 11.3 Å². The Bertz CT molecular complexity index is 1110. The number of anilines is 1. The highest BCUT2D eigenvalue weighted by atomic mass is 32.2. The van der Waals surface area contributed by atoms with Crippen molar-refractivity contribution in [1.82, 2.24) is 5.32 Å². The van der Waals surface area contributed by atoms with E-state index in [2.05, 4.69) is 5.32 Å². The topological polar surface area (TPSA) is 92.8 Å². The van der Waals surface area contributed by atoms with Crippen LogP contribution in [0, 0.1) is 0 Å². The molecule has 31 heavy (non-hydrogen) atoms. The van der Waals surface area contributed by atoms with E-state index >= 15 is 0 Å². The average molecular weight is 459 g/mol. The maximum absolute atomic E-state index is 12.8. The van der Waals surface area contributed by atoms with E-state index < -0.39 is 28.5 Å². The van der Waals surface area contributed by atoms with Crippen LogP contribution in [-0.4, -0.2) is 40.5 Å². The normalized spacial score (nSPS) is 11.0. The van der Waals surface area contributed by atoms with Crippen molar-refractivity contribution in [2.24, 2.45) is 0 Å². The van der Waals surface area contributed by atoms with Crippen LogP contribution in [0.25, 0.3) is 0 Å². The quantitative estimate of drug-likeness (QED) is 0.498. The van der Waals surface area contributed by atoms with Gasteiger partial charge in [-0.2, -0.15) is 0 Å². The minimum atomic E-state index is -3.77. The van der Waals surface area contributed by atoms with Gasteiger partial charge in [0.25, 0.3) is 15.9 Å². The predicted molar refractivity (Wildman–Crippen MR) is 120 cm³/mol. The molecule has 3 rings (SSSR count). The van der Waals surface area contributed by atoms with Crippen LogP contribution >= 0.6 is 11.3 Å². The number of amides is 1. The van der Waals surface area contributed by atoms with Gasteiger partial charge in [0.05, 0.1) is 16.1 Å². The third kappa shape index (κ3) is 5.93. The van der Waals surface area contributed by atoms with Gasteiger partial charge in [-0.15, -0.1) is 11.3 Å². The molecule has 0 unspecified atom stereocenters. The summed E-state index contributed by atoms with van der Waals surface area (Å²) >= 11 is 1.61. The van der Waals surface area contributed by atoms with Crippen molar-refractivity contribution in [2.75, 3.05) is 24.5 Å². The fourth-order valence-corrected chi connectivity index (χ4v) is 4.65. The van der Waals surface area contributed by atoms with Crippen molar-refractivity contribution in [3.63, 3.8) is 0 Å². The zero-order valence-electron chi connectivity index (χ0n) is 16.9. The molecule has 2 aromatic carbocycles. The van der Waals surface area contributed by atoms with Gasteiger partial charge < -0.3 is 10.1 Å². The first-order valence-electron chi connectivity index (χ1n) is 9.48. The van der Waals surface area contributed by atoms with Gasteiger partial charge in [-0.1, -0.05) is 24.3 Å². The summed E-state index contributed by atoms with van der Waals surface area (Å²) in [6.45, 7) is 0.0540. The molecule has 9 heteroatoms. The third-order valence-corrected chi connectivity index (χ3v) is 7.21. The highest BCUT2D eigenvalue weighted by Gasteiger charge is 2.21. The zero-order chi connectivity index (χ0) is 22.3. The summed E-state index contributed by atoms with van der Waals surface area (Å²) in [6.07, 6.45) is 0.713. The number of para-hydroxylation sites is 1. The van der Waals surface area contributed by atoms with Gasteiger partial charge in [0.15, 0.2) is 6.61 Å². The van der Waals surface area contributed by atoms with Crippen molar-refractivity contribution in [3.05, 3.63) is 82.6 Å². The molecule has 1 heterocycles. The molecule has 0 spiro atoms. The number of nitrogens with zero attached hydrogens (tertiary/aromatic N) is 1. The predicted octanol–water partition coefficient (Wildman–Crippen LogP) is 3.09. The van der Waals surface area contributed by atoms with Crippen LogP contribution in [0.15, 0.2) is 77.0 Å². The van der Waals surface area contributed by atoms with E-state index in [1.807, 2.05) is 17.5 Å². The monoisotopic (exact) mass is 458 g/mol. The summed E-state index contributed by atoms with van der Waals surface area (Å²) in [4.78, 5) is 25.2. The standard InChI is InChI=1S/C22H22N2O5S2/c1-24(18-6-3-2-4-7-18)31(27,28)20-11-9-17(10-12-20)22(26)29-16-21(25)23-14-13-19-8-5-15-30-19/h2-12,15H,13-14,16H2,1H3,(H,23,25). The Hall–Kier alpha value is -3.17. The summed E-state index contributed by atoms with van der Waals surface area (Å²) in [7, 11) is -2.31. The van der Waals surface area contributed by atoms with Crippen molar-refractivity contribution in [3.8, 4) is 0 Å². The molecule has 1 N–H and O–H groups in total. The molecule has 0 fully saturated rings. The number of hydrogen-bond donors (Lipinski definition) is 1. The molecular formula is C22H22N2O5S2. The first kappa shape index (κ1) is 22.5. The van der Waals surface area contributed by atoms with E-state index in [0.717, 1.165) is 4.88 Å². The van der Waals surface area contributed by atoms with E-state index in [1.165, 1.54) is 35.6 Å².